The van der Waals surface area contributed by atoms with E-state index in [0.717, 1.165) is 31.1 Å². The number of nitrogens with zero attached hydrogens (tertiary/aromatic N) is 1. The second-order valence-corrected chi connectivity index (χ2v) is 5.36. The first-order valence-corrected chi connectivity index (χ1v) is 6.83. The molecule has 1 aliphatic rings. The van der Waals surface area contributed by atoms with Gasteiger partial charge in [-0.15, -0.1) is 0 Å². The summed E-state index contributed by atoms with van der Waals surface area (Å²) in [6.07, 6.45) is 2.50. The van der Waals surface area contributed by atoms with Gasteiger partial charge in [-0.05, 0) is 63.5 Å². The molecule has 100 valence electrons. The molecule has 0 amide bonds. The van der Waals surface area contributed by atoms with Crippen LogP contribution in [-0.2, 0) is 0 Å². The lowest BCUT2D eigenvalue weighted by atomic mass is 9.96. The van der Waals surface area contributed by atoms with Gasteiger partial charge in [0.05, 0.1) is 0 Å². The lowest BCUT2D eigenvalue weighted by molar-refractivity contribution is 0.196. The van der Waals surface area contributed by atoms with Crippen LogP contribution in [0.2, 0.25) is 0 Å². The van der Waals surface area contributed by atoms with Crippen molar-refractivity contribution in [3.63, 3.8) is 0 Å². The third-order valence-corrected chi connectivity index (χ3v) is 4.00. The maximum atomic E-state index is 13.2. The average Bonchev–Trinajstić information content (AvgIpc) is 2.39. The van der Waals surface area contributed by atoms with E-state index < -0.39 is 0 Å². The minimum Gasteiger partial charge on any atom is -0.317 e. The molecule has 1 aliphatic heterocycles. The summed E-state index contributed by atoms with van der Waals surface area (Å²) in [5.74, 6) is 0.627. The summed E-state index contributed by atoms with van der Waals surface area (Å²) in [4.78, 5) is 2.34. The van der Waals surface area contributed by atoms with Gasteiger partial charge in [0, 0.05) is 12.6 Å². The predicted octanol–water partition coefficient (Wildman–Crippen LogP) is 2.82. The van der Waals surface area contributed by atoms with Crippen LogP contribution in [0.4, 0.5) is 4.39 Å². The molecule has 3 heteroatoms. The fourth-order valence-electron chi connectivity index (χ4n) is 2.65. The van der Waals surface area contributed by atoms with Crippen LogP contribution in [0.3, 0.4) is 0 Å². The Bertz CT molecular complexity index is 375. The predicted molar refractivity (Wildman–Crippen MR) is 73.0 cm³/mol. The van der Waals surface area contributed by atoms with E-state index in [1.165, 1.54) is 18.9 Å². The average molecular weight is 250 g/mol. The fourth-order valence-corrected chi connectivity index (χ4v) is 2.65. The third-order valence-electron chi connectivity index (χ3n) is 4.00. The van der Waals surface area contributed by atoms with Gasteiger partial charge in [-0.1, -0.05) is 12.1 Å². The molecule has 1 aromatic rings. The van der Waals surface area contributed by atoms with Crippen molar-refractivity contribution in [2.45, 2.75) is 25.8 Å². The van der Waals surface area contributed by atoms with Gasteiger partial charge in [-0.2, -0.15) is 0 Å². The van der Waals surface area contributed by atoms with Crippen molar-refractivity contribution in [1.82, 2.24) is 10.2 Å². The van der Waals surface area contributed by atoms with Gasteiger partial charge in [-0.25, -0.2) is 4.39 Å². The molecule has 0 bridgehead atoms. The summed E-state index contributed by atoms with van der Waals surface area (Å²) in [6, 6.07) is 7.22. The molecule has 1 atom stereocenters. The number of hydrogen-bond acceptors (Lipinski definition) is 2. The number of benzene rings is 1. The van der Waals surface area contributed by atoms with Crippen molar-refractivity contribution in [1.29, 1.82) is 0 Å². The van der Waals surface area contributed by atoms with Crippen LogP contribution in [0.5, 0.6) is 0 Å². The number of piperidine rings is 1. The second kappa shape index (κ2) is 6.30. The molecule has 2 nitrogen and oxygen atoms in total. The van der Waals surface area contributed by atoms with Crippen LogP contribution in [0.15, 0.2) is 24.3 Å². The topological polar surface area (TPSA) is 15.3 Å². The Balaban J connectivity index is 1.93. The molecule has 2 rings (SSSR count). The highest BCUT2D eigenvalue weighted by Crippen LogP contribution is 2.22. The highest BCUT2D eigenvalue weighted by atomic mass is 19.1. The van der Waals surface area contributed by atoms with Crippen molar-refractivity contribution in [3.05, 3.63) is 35.6 Å². The summed E-state index contributed by atoms with van der Waals surface area (Å²) in [5.41, 5.74) is 1.06. The molecule has 1 unspecified atom stereocenters. The summed E-state index contributed by atoms with van der Waals surface area (Å²) in [6.45, 7) is 5.51. The van der Waals surface area contributed by atoms with Gasteiger partial charge in [-0.3, -0.25) is 4.90 Å². The summed E-state index contributed by atoms with van der Waals surface area (Å²) in [7, 11) is 2.14. The molecule has 0 saturated carbocycles. The monoisotopic (exact) mass is 250 g/mol. The van der Waals surface area contributed by atoms with Crippen LogP contribution >= 0.6 is 0 Å². The van der Waals surface area contributed by atoms with Gasteiger partial charge < -0.3 is 5.32 Å². The Morgan fingerprint density at radius 3 is 2.78 bits per heavy atom. The molecular formula is C15H23FN2. The molecule has 1 aromatic carbocycles. The zero-order valence-electron chi connectivity index (χ0n) is 11.3. The van der Waals surface area contributed by atoms with Gasteiger partial charge in [0.1, 0.15) is 5.82 Å². The Labute approximate surface area is 109 Å². The zero-order chi connectivity index (χ0) is 13.0. The normalized spacial score (nSPS) is 19.1. The van der Waals surface area contributed by atoms with Crippen LogP contribution < -0.4 is 5.32 Å². The van der Waals surface area contributed by atoms with E-state index in [-0.39, 0.29) is 11.9 Å². The summed E-state index contributed by atoms with van der Waals surface area (Å²) >= 11 is 0. The van der Waals surface area contributed by atoms with Crippen LogP contribution in [0, 0.1) is 11.7 Å². The molecule has 1 fully saturated rings. The van der Waals surface area contributed by atoms with E-state index in [4.69, 9.17) is 0 Å². The quantitative estimate of drug-likeness (QED) is 0.884. The standard InChI is InChI=1S/C15H23FN2/c1-12(14-4-3-5-15(16)10-14)18(2)11-13-6-8-17-9-7-13/h3-5,10,12-13,17H,6-9,11H2,1-2H3. The van der Waals surface area contributed by atoms with Crippen molar-refractivity contribution in [2.75, 3.05) is 26.7 Å². The Kier molecular flexibility index (Phi) is 4.72. The van der Waals surface area contributed by atoms with E-state index in [1.807, 2.05) is 6.07 Å². The highest BCUT2D eigenvalue weighted by molar-refractivity contribution is 5.19. The molecule has 1 saturated heterocycles. The first-order chi connectivity index (χ1) is 8.66. The highest BCUT2D eigenvalue weighted by Gasteiger charge is 2.18. The largest absolute Gasteiger partial charge is 0.317 e. The fraction of sp³-hybridized carbons (Fsp3) is 0.600. The second-order valence-electron chi connectivity index (χ2n) is 5.36. The van der Waals surface area contributed by atoms with Crippen molar-refractivity contribution < 1.29 is 4.39 Å². The molecule has 0 aromatic heterocycles. The molecule has 0 spiro atoms. The molecule has 1 heterocycles. The Morgan fingerprint density at radius 2 is 2.11 bits per heavy atom. The molecule has 18 heavy (non-hydrogen) atoms. The number of hydrogen-bond donors (Lipinski definition) is 1. The first-order valence-electron chi connectivity index (χ1n) is 6.83. The third kappa shape index (κ3) is 3.53. The maximum Gasteiger partial charge on any atom is 0.123 e. The van der Waals surface area contributed by atoms with E-state index in [1.54, 1.807) is 12.1 Å². The van der Waals surface area contributed by atoms with E-state index >= 15 is 0 Å². The van der Waals surface area contributed by atoms with E-state index in [0.29, 0.717) is 0 Å². The molecule has 1 N–H and O–H groups in total. The smallest absolute Gasteiger partial charge is 0.123 e. The first kappa shape index (κ1) is 13.5. The Morgan fingerprint density at radius 1 is 1.39 bits per heavy atom. The number of halogens is 1. The minimum atomic E-state index is -0.144. The number of rotatable bonds is 4. The van der Waals surface area contributed by atoms with Crippen LogP contribution in [0.1, 0.15) is 31.4 Å². The molecule has 0 radical (unpaired) electrons. The van der Waals surface area contributed by atoms with Crippen molar-refractivity contribution in [2.24, 2.45) is 5.92 Å². The minimum absolute atomic E-state index is 0.144. The van der Waals surface area contributed by atoms with Crippen molar-refractivity contribution in [3.8, 4) is 0 Å². The van der Waals surface area contributed by atoms with Crippen LogP contribution in [-0.4, -0.2) is 31.6 Å². The van der Waals surface area contributed by atoms with E-state index in [2.05, 4.69) is 24.2 Å². The van der Waals surface area contributed by atoms with Gasteiger partial charge in [0.15, 0.2) is 0 Å². The molecule has 0 aliphatic carbocycles. The maximum absolute atomic E-state index is 13.2. The summed E-state index contributed by atoms with van der Waals surface area (Å²) < 4.78 is 13.2. The lowest BCUT2D eigenvalue weighted by Crippen LogP contribution is -2.35. The van der Waals surface area contributed by atoms with Crippen molar-refractivity contribution >= 4 is 0 Å². The Hall–Kier alpha value is -0.930. The van der Waals surface area contributed by atoms with Crippen LogP contribution in [0.25, 0.3) is 0 Å². The summed E-state index contributed by atoms with van der Waals surface area (Å²) in [5, 5.41) is 3.39. The van der Waals surface area contributed by atoms with Gasteiger partial charge >= 0.3 is 0 Å². The van der Waals surface area contributed by atoms with Gasteiger partial charge in [0.2, 0.25) is 0 Å². The number of nitrogens with one attached hydrogen (secondary N) is 1. The van der Waals surface area contributed by atoms with E-state index in [9.17, 15) is 4.39 Å². The SMILES string of the molecule is CC(c1cccc(F)c1)N(C)CC1CCNCC1. The lowest BCUT2D eigenvalue weighted by Gasteiger charge is -2.31. The molecular weight excluding hydrogens is 227 g/mol. The zero-order valence-corrected chi connectivity index (χ0v) is 11.3. The van der Waals surface area contributed by atoms with Gasteiger partial charge in [0.25, 0.3) is 0 Å².